The number of hydrogen-bond donors (Lipinski definition) is 1. The molecule has 0 saturated carbocycles. The van der Waals surface area contributed by atoms with E-state index in [0.29, 0.717) is 6.42 Å². The Hall–Kier alpha value is -1.84. The van der Waals surface area contributed by atoms with Crippen LogP contribution in [0.3, 0.4) is 0 Å². The molecule has 15 heavy (non-hydrogen) atoms. The zero-order valence-corrected chi connectivity index (χ0v) is 8.02. The zero-order valence-electron chi connectivity index (χ0n) is 8.02. The minimum absolute atomic E-state index is 0.182. The second-order valence-corrected chi connectivity index (χ2v) is 2.81. The van der Waals surface area contributed by atoms with Crippen LogP contribution in [-0.2, 0) is 4.79 Å². The van der Waals surface area contributed by atoms with Crippen LogP contribution >= 0.6 is 0 Å². The van der Waals surface area contributed by atoms with Gasteiger partial charge in [-0.3, -0.25) is 0 Å². The van der Waals surface area contributed by atoms with Crippen LogP contribution in [-0.4, -0.2) is 17.7 Å². The van der Waals surface area contributed by atoms with Gasteiger partial charge in [-0.25, -0.2) is 9.18 Å². The van der Waals surface area contributed by atoms with E-state index in [1.807, 2.05) is 0 Å². The van der Waals surface area contributed by atoms with E-state index >= 15 is 0 Å². The third-order valence-corrected chi connectivity index (χ3v) is 1.64. The molecule has 1 rings (SSSR count). The van der Waals surface area contributed by atoms with Crippen LogP contribution in [0.5, 0.6) is 5.75 Å². The number of para-hydroxylation sites is 1. The van der Waals surface area contributed by atoms with Crippen LogP contribution in [0.4, 0.5) is 4.39 Å². The second-order valence-electron chi connectivity index (χ2n) is 2.81. The highest BCUT2D eigenvalue weighted by Gasteiger charge is 1.99. The normalized spacial score (nSPS) is 10.5. The van der Waals surface area contributed by atoms with Gasteiger partial charge in [0.1, 0.15) is 0 Å². The Bertz CT molecular complexity index is 361. The minimum atomic E-state index is -0.999. The number of ether oxygens (including phenoxy) is 1. The molecule has 0 aromatic heterocycles. The molecule has 0 atom stereocenters. The van der Waals surface area contributed by atoms with Gasteiger partial charge in [0.25, 0.3) is 0 Å². The lowest BCUT2D eigenvalue weighted by Gasteiger charge is -2.04. The van der Waals surface area contributed by atoms with E-state index in [2.05, 4.69) is 0 Å². The van der Waals surface area contributed by atoms with Gasteiger partial charge in [-0.15, -0.1) is 0 Å². The van der Waals surface area contributed by atoms with Crippen molar-refractivity contribution in [3.05, 3.63) is 42.2 Å². The minimum Gasteiger partial charge on any atom is -0.490 e. The van der Waals surface area contributed by atoms with Crippen LogP contribution in [0, 0.1) is 5.82 Å². The number of rotatable bonds is 5. The lowest BCUT2D eigenvalue weighted by molar-refractivity contribution is -0.131. The first-order chi connectivity index (χ1) is 7.20. The Morgan fingerprint density at radius 2 is 2.20 bits per heavy atom. The first kappa shape index (κ1) is 11.2. The zero-order chi connectivity index (χ0) is 11.1. The third-order valence-electron chi connectivity index (χ3n) is 1.64. The molecular weight excluding hydrogens is 199 g/mol. The van der Waals surface area contributed by atoms with Crippen molar-refractivity contribution in [2.45, 2.75) is 6.42 Å². The van der Waals surface area contributed by atoms with Crippen molar-refractivity contribution in [1.29, 1.82) is 0 Å². The molecule has 0 unspecified atom stereocenters. The van der Waals surface area contributed by atoms with E-state index in [9.17, 15) is 9.18 Å². The summed E-state index contributed by atoms with van der Waals surface area (Å²) in [6.07, 6.45) is 2.93. The van der Waals surface area contributed by atoms with Gasteiger partial charge in [0.2, 0.25) is 0 Å². The van der Waals surface area contributed by atoms with Gasteiger partial charge in [-0.2, -0.15) is 0 Å². The topological polar surface area (TPSA) is 46.5 Å². The number of hydrogen-bond acceptors (Lipinski definition) is 2. The Labute approximate surface area is 86.8 Å². The number of halogens is 1. The molecule has 0 amide bonds. The first-order valence-corrected chi connectivity index (χ1v) is 4.47. The summed E-state index contributed by atoms with van der Waals surface area (Å²) in [5.41, 5.74) is 0. The fourth-order valence-corrected chi connectivity index (χ4v) is 0.983. The fraction of sp³-hybridized carbons (Fsp3) is 0.182. The maximum absolute atomic E-state index is 13.0. The molecule has 1 N–H and O–H groups in total. The van der Waals surface area contributed by atoms with Crippen molar-refractivity contribution in [2.24, 2.45) is 0 Å². The van der Waals surface area contributed by atoms with Crippen molar-refractivity contribution in [3.63, 3.8) is 0 Å². The second kappa shape index (κ2) is 5.80. The molecule has 3 nitrogen and oxygen atoms in total. The van der Waals surface area contributed by atoms with E-state index in [1.54, 1.807) is 12.1 Å². The van der Waals surface area contributed by atoms with Gasteiger partial charge in [0.15, 0.2) is 11.6 Å². The Kier molecular flexibility index (Phi) is 4.34. The Morgan fingerprint density at radius 3 is 2.87 bits per heavy atom. The molecule has 0 aliphatic rings. The number of carbonyl (C=O) groups is 1. The van der Waals surface area contributed by atoms with Gasteiger partial charge >= 0.3 is 5.97 Å². The monoisotopic (exact) mass is 210 g/mol. The van der Waals surface area contributed by atoms with Crippen molar-refractivity contribution in [1.82, 2.24) is 0 Å². The number of carboxylic acids is 1. The summed E-state index contributed by atoms with van der Waals surface area (Å²) >= 11 is 0. The highest BCUT2D eigenvalue weighted by Crippen LogP contribution is 2.15. The van der Waals surface area contributed by atoms with Crippen LogP contribution in [0.15, 0.2) is 36.4 Å². The van der Waals surface area contributed by atoms with E-state index in [-0.39, 0.29) is 12.4 Å². The van der Waals surface area contributed by atoms with E-state index in [1.165, 1.54) is 18.2 Å². The Morgan fingerprint density at radius 1 is 1.47 bits per heavy atom. The highest BCUT2D eigenvalue weighted by molar-refractivity contribution is 5.79. The van der Waals surface area contributed by atoms with E-state index in [4.69, 9.17) is 9.84 Å². The number of aliphatic carboxylic acids is 1. The average Bonchev–Trinajstić information content (AvgIpc) is 2.20. The molecular formula is C11H11FO3. The highest BCUT2D eigenvalue weighted by atomic mass is 19.1. The predicted octanol–water partition coefficient (Wildman–Crippen LogP) is 2.24. The molecule has 0 aliphatic carbocycles. The third kappa shape index (κ3) is 4.26. The molecule has 4 heteroatoms. The summed E-state index contributed by atoms with van der Waals surface area (Å²) in [7, 11) is 0. The Balaban J connectivity index is 2.32. The summed E-state index contributed by atoms with van der Waals surface area (Å²) in [6.45, 7) is 0.255. The van der Waals surface area contributed by atoms with Crippen LogP contribution in [0.2, 0.25) is 0 Å². The molecule has 1 aromatic rings. The summed E-state index contributed by atoms with van der Waals surface area (Å²) in [6, 6.07) is 6.08. The summed E-state index contributed by atoms with van der Waals surface area (Å²) in [5.74, 6) is -1.23. The van der Waals surface area contributed by atoms with Crippen molar-refractivity contribution in [2.75, 3.05) is 6.61 Å². The molecule has 0 radical (unpaired) electrons. The van der Waals surface area contributed by atoms with Gasteiger partial charge in [-0.05, 0) is 18.6 Å². The summed E-state index contributed by atoms with van der Waals surface area (Å²) in [5, 5.41) is 8.29. The number of benzene rings is 1. The van der Waals surface area contributed by atoms with E-state index < -0.39 is 11.8 Å². The molecule has 0 spiro atoms. The molecule has 0 fully saturated rings. The lowest BCUT2D eigenvalue weighted by atomic mass is 10.3. The molecule has 0 heterocycles. The molecule has 0 aliphatic heterocycles. The van der Waals surface area contributed by atoms with Gasteiger partial charge in [0.05, 0.1) is 6.61 Å². The maximum Gasteiger partial charge on any atom is 0.327 e. The smallest absolute Gasteiger partial charge is 0.327 e. The summed E-state index contributed by atoms with van der Waals surface area (Å²) < 4.78 is 18.1. The first-order valence-electron chi connectivity index (χ1n) is 4.47. The van der Waals surface area contributed by atoms with Crippen molar-refractivity contribution >= 4 is 5.97 Å². The van der Waals surface area contributed by atoms with E-state index in [0.717, 1.165) is 6.08 Å². The molecule has 0 saturated heterocycles. The molecule has 1 aromatic carbocycles. The van der Waals surface area contributed by atoms with Crippen LogP contribution in [0.1, 0.15) is 6.42 Å². The van der Waals surface area contributed by atoms with Crippen LogP contribution < -0.4 is 4.74 Å². The number of carboxylic acid groups (broad SMARTS) is 1. The molecule has 80 valence electrons. The maximum atomic E-state index is 13.0. The van der Waals surface area contributed by atoms with Crippen molar-refractivity contribution in [3.8, 4) is 5.75 Å². The van der Waals surface area contributed by atoms with Crippen molar-refractivity contribution < 1.29 is 19.0 Å². The molecule has 0 bridgehead atoms. The van der Waals surface area contributed by atoms with Gasteiger partial charge in [0, 0.05) is 6.08 Å². The van der Waals surface area contributed by atoms with Gasteiger partial charge < -0.3 is 9.84 Å². The quantitative estimate of drug-likeness (QED) is 0.598. The van der Waals surface area contributed by atoms with Gasteiger partial charge in [-0.1, -0.05) is 18.2 Å². The standard InChI is InChI=1S/C11H11FO3/c12-9-5-1-2-6-10(9)15-8-4-3-7-11(13)14/h1-3,5-7H,4,8H2,(H,13,14)/b7-3+. The average molecular weight is 210 g/mol. The fourth-order valence-electron chi connectivity index (χ4n) is 0.983. The van der Waals surface area contributed by atoms with Crippen LogP contribution in [0.25, 0.3) is 0 Å². The summed E-state index contributed by atoms with van der Waals surface area (Å²) in [4.78, 5) is 10.1. The predicted molar refractivity (Wildman–Crippen MR) is 53.3 cm³/mol. The SMILES string of the molecule is O=C(O)/C=C/CCOc1ccccc1F. The largest absolute Gasteiger partial charge is 0.490 e. The lowest BCUT2D eigenvalue weighted by Crippen LogP contribution is -1.98.